The average Bonchev–Trinajstić information content (AvgIpc) is 1.88. The fourth-order valence-corrected chi connectivity index (χ4v) is 0.754. The number of aliphatic hydroxyl groups excluding tert-OH is 1. The van der Waals surface area contributed by atoms with Crippen LogP contribution in [0.4, 0.5) is 0 Å². The number of nitrogens with zero attached hydrogens (tertiary/aromatic N) is 1. The molecule has 2 N–H and O–H groups in total. The van der Waals surface area contributed by atoms with Gasteiger partial charge in [-0.1, -0.05) is 0 Å². The molecule has 0 saturated carbocycles. The molecule has 3 heteroatoms. The molecule has 0 bridgehead atoms. The van der Waals surface area contributed by atoms with Crippen LogP contribution in [0.3, 0.4) is 0 Å². The minimum Gasteiger partial charge on any atom is -0.506 e. The molecule has 1 aromatic rings. The predicted molar refractivity (Wildman–Crippen MR) is 36.6 cm³/mol. The van der Waals surface area contributed by atoms with Crippen LogP contribution in [0, 0.1) is 6.92 Å². The van der Waals surface area contributed by atoms with E-state index in [1.807, 2.05) is 0 Å². The van der Waals surface area contributed by atoms with E-state index in [1.165, 1.54) is 6.20 Å². The Morgan fingerprint density at radius 1 is 1.60 bits per heavy atom. The number of hydrogen-bond donors (Lipinski definition) is 2. The number of rotatable bonds is 1. The van der Waals surface area contributed by atoms with Gasteiger partial charge in [0.15, 0.2) is 0 Å². The number of hydrogen-bond acceptors (Lipinski definition) is 3. The first kappa shape index (κ1) is 7.02. The Balaban J connectivity index is 3.07. The summed E-state index contributed by atoms with van der Waals surface area (Å²) in [6.45, 7) is 1.71. The lowest BCUT2D eigenvalue weighted by atomic mass is 10.2. The number of aliphatic hydroxyl groups is 1. The van der Waals surface area contributed by atoms with Crippen LogP contribution in [-0.2, 0) is 6.61 Å². The van der Waals surface area contributed by atoms with Crippen LogP contribution in [-0.4, -0.2) is 15.2 Å². The third-order valence-corrected chi connectivity index (χ3v) is 1.32. The van der Waals surface area contributed by atoms with Gasteiger partial charge in [0.2, 0.25) is 0 Å². The largest absolute Gasteiger partial charge is 0.506 e. The summed E-state index contributed by atoms with van der Waals surface area (Å²) in [6.07, 6.45) is 1.32. The van der Waals surface area contributed by atoms with Crippen molar-refractivity contribution < 1.29 is 10.2 Å². The number of aromatic hydroxyl groups is 1. The molecule has 0 radical (unpaired) electrons. The molecular weight excluding hydrogens is 130 g/mol. The molecule has 1 aromatic heterocycles. The summed E-state index contributed by atoms with van der Waals surface area (Å²) in [4.78, 5) is 3.80. The lowest BCUT2D eigenvalue weighted by molar-refractivity contribution is 0.275. The van der Waals surface area contributed by atoms with Crippen molar-refractivity contribution in [3.05, 3.63) is 23.5 Å². The summed E-state index contributed by atoms with van der Waals surface area (Å²) in [5, 5.41) is 17.6. The van der Waals surface area contributed by atoms with E-state index in [2.05, 4.69) is 4.98 Å². The van der Waals surface area contributed by atoms with E-state index in [0.717, 1.165) is 5.56 Å². The van der Waals surface area contributed by atoms with Crippen molar-refractivity contribution in [3.8, 4) is 5.75 Å². The van der Waals surface area contributed by atoms with E-state index in [1.54, 1.807) is 13.0 Å². The van der Waals surface area contributed by atoms with Crippen molar-refractivity contribution in [3.63, 3.8) is 0 Å². The Morgan fingerprint density at radius 2 is 2.30 bits per heavy atom. The molecule has 1 heterocycles. The van der Waals surface area contributed by atoms with E-state index in [0.29, 0.717) is 5.69 Å². The third-order valence-electron chi connectivity index (χ3n) is 1.32. The number of pyridine rings is 1. The maximum atomic E-state index is 8.89. The van der Waals surface area contributed by atoms with Gasteiger partial charge < -0.3 is 10.2 Å². The van der Waals surface area contributed by atoms with E-state index < -0.39 is 0 Å². The molecule has 0 atom stereocenters. The molecule has 0 saturated heterocycles. The van der Waals surface area contributed by atoms with Gasteiger partial charge >= 0.3 is 0 Å². The van der Waals surface area contributed by atoms with Gasteiger partial charge in [0.1, 0.15) is 5.75 Å². The Kier molecular flexibility index (Phi) is 1.87. The molecule has 0 aliphatic heterocycles. The molecular formula is C7H9NO2. The molecule has 0 aliphatic carbocycles. The second-order valence-electron chi connectivity index (χ2n) is 2.12. The molecule has 0 unspecified atom stereocenters. The van der Waals surface area contributed by atoms with E-state index in [-0.39, 0.29) is 12.4 Å². The van der Waals surface area contributed by atoms with Crippen LogP contribution in [0.1, 0.15) is 11.3 Å². The van der Waals surface area contributed by atoms with Crippen molar-refractivity contribution >= 4 is 0 Å². The minimum absolute atomic E-state index is 0.0773. The molecule has 0 fully saturated rings. The van der Waals surface area contributed by atoms with Crippen LogP contribution >= 0.6 is 0 Å². The fourth-order valence-electron chi connectivity index (χ4n) is 0.754. The maximum absolute atomic E-state index is 8.89. The first-order chi connectivity index (χ1) is 4.74. The second-order valence-corrected chi connectivity index (χ2v) is 2.12. The summed E-state index contributed by atoms with van der Waals surface area (Å²) in [7, 11) is 0. The normalized spacial score (nSPS) is 9.80. The zero-order valence-electron chi connectivity index (χ0n) is 5.70. The highest BCUT2D eigenvalue weighted by Gasteiger charge is 1.97. The predicted octanol–water partition coefficient (Wildman–Crippen LogP) is 0.588. The lowest BCUT2D eigenvalue weighted by Gasteiger charge is -1.99. The summed E-state index contributed by atoms with van der Waals surface area (Å²) in [6, 6.07) is 1.57. The van der Waals surface area contributed by atoms with Crippen molar-refractivity contribution in [2.24, 2.45) is 0 Å². The molecule has 0 aromatic carbocycles. The van der Waals surface area contributed by atoms with Crippen LogP contribution in [0.2, 0.25) is 0 Å². The molecule has 0 aliphatic rings. The zero-order valence-corrected chi connectivity index (χ0v) is 5.70. The number of aryl methyl sites for hydroxylation is 1. The minimum atomic E-state index is -0.0773. The monoisotopic (exact) mass is 139 g/mol. The van der Waals surface area contributed by atoms with Crippen molar-refractivity contribution in [2.45, 2.75) is 13.5 Å². The van der Waals surface area contributed by atoms with E-state index in [4.69, 9.17) is 10.2 Å². The van der Waals surface area contributed by atoms with Crippen LogP contribution in [0.15, 0.2) is 12.3 Å². The summed E-state index contributed by atoms with van der Waals surface area (Å²) in [5.41, 5.74) is 1.42. The van der Waals surface area contributed by atoms with Gasteiger partial charge in [0, 0.05) is 0 Å². The molecule has 54 valence electrons. The summed E-state index contributed by atoms with van der Waals surface area (Å²) >= 11 is 0. The average molecular weight is 139 g/mol. The Bertz CT molecular complexity index is 235. The van der Waals surface area contributed by atoms with Gasteiger partial charge in [0.05, 0.1) is 18.5 Å². The standard InChI is InChI=1S/C7H9NO2/c1-5-2-6(10)3-8-7(5)4-9/h2-3,9-10H,4H2,1H3. The Labute approximate surface area is 59.0 Å². The summed E-state index contributed by atoms with van der Waals surface area (Å²) in [5.74, 6) is 0.134. The lowest BCUT2D eigenvalue weighted by Crippen LogP contribution is -1.91. The zero-order chi connectivity index (χ0) is 7.56. The smallest absolute Gasteiger partial charge is 0.134 e. The van der Waals surface area contributed by atoms with E-state index >= 15 is 0 Å². The Hall–Kier alpha value is -1.09. The SMILES string of the molecule is Cc1cc(O)cnc1CO. The fraction of sp³-hybridized carbons (Fsp3) is 0.286. The van der Waals surface area contributed by atoms with Crippen LogP contribution in [0.5, 0.6) is 5.75 Å². The van der Waals surface area contributed by atoms with Gasteiger partial charge in [-0.15, -0.1) is 0 Å². The van der Waals surface area contributed by atoms with Crippen LogP contribution in [0.25, 0.3) is 0 Å². The summed E-state index contributed by atoms with van der Waals surface area (Å²) < 4.78 is 0. The second kappa shape index (κ2) is 2.66. The molecule has 0 spiro atoms. The van der Waals surface area contributed by atoms with Gasteiger partial charge in [-0.3, -0.25) is 4.98 Å². The van der Waals surface area contributed by atoms with Crippen molar-refractivity contribution in [1.29, 1.82) is 0 Å². The quantitative estimate of drug-likeness (QED) is 0.598. The highest BCUT2D eigenvalue weighted by Crippen LogP contribution is 2.11. The van der Waals surface area contributed by atoms with Crippen molar-refractivity contribution in [1.82, 2.24) is 4.98 Å². The topological polar surface area (TPSA) is 53.4 Å². The third kappa shape index (κ3) is 1.25. The number of aromatic nitrogens is 1. The van der Waals surface area contributed by atoms with Gasteiger partial charge in [-0.25, -0.2) is 0 Å². The molecule has 10 heavy (non-hydrogen) atoms. The molecule has 0 amide bonds. The van der Waals surface area contributed by atoms with Gasteiger partial charge in [-0.2, -0.15) is 0 Å². The first-order valence-corrected chi connectivity index (χ1v) is 2.99. The molecule has 1 rings (SSSR count). The van der Waals surface area contributed by atoms with Gasteiger partial charge in [0.25, 0.3) is 0 Å². The van der Waals surface area contributed by atoms with Gasteiger partial charge in [-0.05, 0) is 18.6 Å². The maximum Gasteiger partial charge on any atom is 0.134 e. The molecule has 3 nitrogen and oxygen atoms in total. The first-order valence-electron chi connectivity index (χ1n) is 2.99. The highest BCUT2D eigenvalue weighted by molar-refractivity contribution is 5.26. The Morgan fingerprint density at radius 3 is 2.80 bits per heavy atom. The van der Waals surface area contributed by atoms with Crippen molar-refractivity contribution in [2.75, 3.05) is 0 Å². The van der Waals surface area contributed by atoms with E-state index in [9.17, 15) is 0 Å². The highest BCUT2D eigenvalue weighted by atomic mass is 16.3. The van der Waals surface area contributed by atoms with Crippen LogP contribution < -0.4 is 0 Å².